The molecule has 1 aliphatic heterocycles. The molecular formula is C23H20FN5O3. The lowest BCUT2D eigenvalue weighted by atomic mass is 10.0. The van der Waals surface area contributed by atoms with Gasteiger partial charge in [0, 0.05) is 60.7 Å². The molecule has 0 atom stereocenters. The number of halogens is 1. The first-order valence-corrected chi connectivity index (χ1v) is 10.1. The number of rotatable bonds is 5. The van der Waals surface area contributed by atoms with Crippen LogP contribution < -0.4 is 10.1 Å². The number of aromatic nitrogens is 4. The fraction of sp³-hybridized carbons (Fsp3) is 0.217. The quantitative estimate of drug-likeness (QED) is 0.482. The van der Waals surface area contributed by atoms with E-state index in [2.05, 4.69) is 20.4 Å². The van der Waals surface area contributed by atoms with Crippen LogP contribution in [-0.2, 0) is 24.8 Å². The zero-order chi connectivity index (χ0) is 22.2. The second-order valence-corrected chi connectivity index (χ2v) is 7.43. The average molecular weight is 433 g/mol. The first-order chi connectivity index (χ1) is 15.6. The van der Waals surface area contributed by atoms with Crippen LogP contribution in [0.5, 0.6) is 5.75 Å². The molecule has 4 aromatic rings. The topological polar surface area (TPSA) is 91.2 Å². The molecule has 162 valence electrons. The summed E-state index contributed by atoms with van der Waals surface area (Å²) in [5, 5.41) is 9.14. The molecule has 9 heteroatoms. The maximum Gasteiger partial charge on any atom is 0.358 e. The van der Waals surface area contributed by atoms with E-state index in [1.165, 1.54) is 13.2 Å². The Labute approximate surface area is 183 Å². The Hall–Kier alpha value is -4.01. The molecular weight excluding hydrogens is 413 g/mol. The third kappa shape index (κ3) is 3.31. The minimum absolute atomic E-state index is 0.213. The maximum atomic E-state index is 14.5. The second-order valence-electron chi connectivity index (χ2n) is 7.43. The van der Waals surface area contributed by atoms with E-state index in [9.17, 15) is 9.18 Å². The van der Waals surface area contributed by atoms with Crippen LogP contribution in [0, 0.1) is 5.82 Å². The van der Waals surface area contributed by atoms with E-state index in [0.717, 1.165) is 27.6 Å². The predicted molar refractivity (Wildman–Crippen MR) is 116 cm³/mol. The molecule has 0 unspecified atom stereocenters. The SMILES string of the molecule is COC(=O)c1cc(-c2cnc(NCc3c(F)ccc4c3CCO4)c3cnccc23)n(C)n1. The Morgan fingerprint density at radius 1 is 1.28 bits per heavy atom. The van der Waals surface area contributed by atoms with Crippen LogP contribution in [0.15, 0.2) is 42.9 Å². The summed E-state index contributed by atoms with van der Waals surface area (Å²) in [5.74, 6) is 0.537. The van der Waals surface area contributed by atoms with Crippen molar-refractivity contribution in [1.82, 2.24) is 19.7 Å². The number of carbonyl (C=O) groups excluding carboxylic acids is 1. The average Bonchev–Trinajstić information content (AvgIpc) is 3.44. The van der Waals surface area contributed by atoms with Gasteiger partial charge in [0.15, 0.2) is 5.69 Å². The highest BCUT2D eigenvalue weighted by Crippen LogP contribution is 2.33. The smallest absolute Gasteiger partial charge is 0.358 e. The van der Waals surface area contributed by atoms with Gasteiger partial charge < -0.3 is 14.8 Å². The fourth-order valence-electron chi connectivity index (χ4n) is 4.03. The van der Waals surface area contributed by atoms with Crippen LogP contribution in [0.4, 0.5) is 10.2 Å². The molecule has 8 nitrogen and oxygen atoms in total. The summed E-state index contributed by atoms with van der Waals surface area (Å²) >= 11 is 0. The van der Waals surface area contributed by atoms with Gasteiger partial charge in [-0.25, -0.2) is 14.2 Å². The van der Waals surface area contributed by atoms with Crippen LogP contribution in [0.2, 0.25) is 0 Å². The summed E-state index contributed by atoms with van der Waals surface area (Å²) in [5.41, 5.74) is 3.19. The van der Waals surface area contributed by atoms with Gasteiger partial charge in [-0.15, -0.1) is 0 Å². The number of pyridine rings is 2. The Morgan fingerprint density at radius 2 is 2.16 bits per heavy atom. The molecule has 4 heterocycles. The molecule has 32 heavy (non-hydrogen) atoms. The molecule has 0 amide bonds. The Kier molecular flexibility index (Phi) is 4.93. The molecule has 0 radical (unpaired) electrons. The van der Waals surface area contributed by atoms with E-state index < -0.39 is 5.97 Å². The van der Waals surface area contributed by atoms with Gasteiger partial charge in [-0.2, -0.15) is 5.10 Å². The predicted octanol–water partition coefficient (Wildman–Crippen LogP) is 3.50. The van der Waals surface area contributed by atoms with Crippen molar-refractivity contribution in [3.63, 3.8) is 0 Å². The number of aryl methyl sites for hydroxylation is 1. The number of nitrogens with one attached hydrogen (secondary N) is 1. The zero-order valence-corrected chi connectivity index (χ0v) is 17.6. The summed E-state index contributed by atoms with van der Waals surface area (Å²) in [6.45, 7) is 0.830. The van der Waals surface area contributed by atoms with Crippen LogP contribution in [0.25, 0.3) is 22.0 Å². The highest BCUT2D eigenvalue weighted by atomic mass is 19.1. The Morgan fingerprint density at radius 3 is 3.00 bits per heavy atom. The number of benzene rings is 1. The standard InChI is InChI=1S/C23H20FN5O3/c1-29-20(9-19(28-29)23(30)31-2)16-12-27-22(17-10-25-7-5-13(16)17)26-11-15-14-6-8-32-21(14)4-3-18(15)24/h3-5,7,9-10,12H,6,8,11H2,1-2H3,(H,26,27). The minimum atomic E-state index is -0.509. The van der Waals surface area contributed by atoms with Gasteiger partial charge >= 0.3 is 5.97 Å². The normalized spacial score (nSPS) is 12.5. The molecule has 0 saturated heterocycles. The minimum Gasteiger partial charge on any atom is -0.493 e. The first kappa shape index (κ1) is 19.9. The molecule has 1 aliphatic rings. The van der Waals surface area contributed by atoms with Crippen molar-refractivity contribution < 1.29 is 18.7 Å². The molecule has 1 N–H and O–H groups in total. The van der Waals surface area contributed by atoms with E-state index in [1.807, 2.05) is 6.07 Å². The molecule has 0 fully saturated rings. The van der Waals surface area contributed by atoms with Crippen molar-refractivity contribution in [3.8, 4) is 17.0 Å². The number of hydrogen-bond donors (Lipinski definition) is 1. The van der Waals surface area contributed by atoms with Crippen LogP contribution >= 0.6 is 0 Å². The summed E-state index contributed by atoms with van der Waals surface area (Å²) < 4.78 is 26.5. The van der Waals surface area contributed by atoms with E-state index in [-0.39, 0.29) is 18.1 Å². The van der Waals surface area contributed by atoms with Crippen LogP contribution in [-0.4, -0.2) is 39.4 Å². The van der Waals surface area contributed by atoms with Crippen molar-refractivity contribution in [2.24, 2.45) is 7.05 Å². The van der Waals surface area contributed by atoms with Crippen molar-refractivity contribution in [2.75, 3.05) is 19.0 Å². The van der Waals surface area contributed by atoms with E-state index >= 15 is 0 Å². The van der Waals surface area contributed by atoms with Crippen molar-refractivity contribution in [3.05, 3.63) is 65.5 Å². The number of methoxy groups -OCH3 is 1. The number of anilines is 1. The lowest BCUT2D eigenvalue weighted by molar-refractivity contribution is 0.0593. The molecule has 5 rings (SSSR count). The Balaban J connectivity index is 1.52. The third-order valence-corrected chi connectivity index (χ3v) is 5.61. The lowest BCUT2D eigenvalue weighted by Crippen LogP contribution is -2.07. The lowest BCUT2D eigenvalue weighted by Gasteiger charge is -2.14. The molecule has 0 spiro atoms. The van der Waals surface area contributed by atoms with Gasteiger partial charge in [-0.05, 0) is 29.7 Å². The van der Waals surface area contributed by atoms with Gasteiger partial charge in [0.1, 0.15) is 17.4 Å². The van der Waals surface area contributed by atoms with E-state index in [0.29, 0.717) is 30.1 Å². The van der Waals surface area contributed by atoms with Crippen molar-refractivity contribution >= 4 is 22.6 Å². The number of fused-ring (bicyclic) bond motifs is 2. The van der Waals surface area contributed by atoms with Crippen LogP contribution in [0.3, 0.4) is 0 Å². The van der Waals surface area contributed by atoms with Gasteiger partial charge in [0.05, 0.1) is 19.4 Å². The van der Waals surface area contributed by atoms with Crippen molar-refractivity contribution in [2.45, 2.75) is 13.0 Å². The molecule has 0 saturated carbocycles. The molecule has 0 bridgehead atoms. The first-order valence-electron chi connectivity index (χ1n) is 10.1. The van der Waals surface area contributed by atoms with E-state index in [4.69, 9.17) is 9.47 Å². The number of nitrogens with zero attached hydrogens (tertiary/aromatic N) is 4. The van der Waals surface area contributed by atoms with Crippen molar-refractivity contribution in [1.29, 1.82) is 0 Å². The second kappa shape index (κ2) is 7.92. The van der Waals surface area contributed by atoms with Crippen LogP contribution in [0.1, 0.15) is 21.6 Å². The van der Waals surface area contributed by atoms with Gasteiger partial charge in [0.2, 0.25) is 0 Å². The number of carbonyl (C=O) groups is 1. The fourth-order valence-corrected chi connectivity index (χ4v) is 4.03. The van der Waals surface area contributed by atoms with E-state index in [1.54, 1.807) is 42.5 Å². The summed E-state index contributed by atoms with van der Waals surface area (Å²) in [6.07, 6.45) is 5.79. The highest BCUT2D eigenvalue weighted by molar-refractivity contribution is 6.01. The highest BCUT2D eigenvalue weighted by Gasteiger charge is 2.21. The number of esters is 1. The summed E-state index contributed by atoms with van der Waals surface area (Å²) in [6, 6.07) is 6.64. The van der Waals surface area contributed by atoms with Gasteiger partial charge in [-0.1, -0.05) is 0 Å². The third-order valence-electron chi connectivity index (χ3n) is 5.61. The van der Waals surface area contributed by atoms with Gasteiger partial charge in [0.25, 0.3) is 0 Å². The monoisotopic (exact) mass is 433 g/mol. The molecule has 0 aliphatic carbocycles. The number of hydrogen-bond acceptors (Lipinski definition) is 7. The molecule has 1 aromatic carbocycles. The summed E-state index contributed by atoms with van der Waals surface area (Å²) in [7, 11) is 3.07. The zero-order valence-electron chi connectivity index (χ0n) is 17.6. The largest absolute Gasteiger partial charge is 0.493 e. The molecule has 3 aromatic heterocycles. The maximum absolute atomic E-state index is 14.5. The van der Waals surface area contributed by atoms with Gasteiger partial charge in [-0.3, -0.25) is 9.67 Å². The Bertz CT molecular complexity index is 1350. The summed E-state index contributed by atoms with van der Waals surface area (Å²) in [4.78, 5) is 20.7. The number of ether oxygens (including phenoxy) is 2.